The van der Waals surface area contributed by atoms with Crippen LogP contribution in [0.25, 0.3) is 0 Å². The van der Waals surface area contributed by atoms with Gasteiger partial charge >= 0.3 is 0 Å². The van der Waals surface area contributed by atoms with Crippen molar-refractivity contribution in [2.75, 3.05) is 39.4 Å². The summed E-state index contributed by atoms with van der Waals surface area (Å²) in [5.41, 5.74) is 0. The summed E-state index contributed by atoms with van der Waals surface area (Å²) in [7, 11) is 0. The van der Waals surface area contributed by atoms with E-state index in [2.05, 4.69) is 10.6 Å². The van der Waals surface area contributed by atoms with E-state index in [9.17, 15) is 9.59 Å². The molecule has 2 aliphatic rings. The Hall–Kier alpha value is -1.14. The quantitative estimate of drug-likeness (QED) is 0.651. The van der Waals surface area contributed by atoms with Gasteiger partial charge < -0.3 is 20.3 Å². The van der Waals surface area contributed by atoms with Gasteiger partial charge in [0.15, 0.2) is 0 Å². The first-order valence-corrected chi connectivity index (χ1v) is 9.07. The third-order valence-electron chi connectivity index (χ3n) is 4.79. The largest absolute Gasteiger partial charge is 0.380 e. The van der Waals surface area contributed by atoms with Gasteiger partial charge in [0.25, 0.3) is 0 Å². The lowest BCUT2D eigenvalue weighted by atomic mass is 9.89. The van der Waals surface area contributed by atoms with Gasteiger partial charge in [-0.25, -0.2) is 0 Å². The zero-order valence-corrected chi connectivity index (χ0v) is 14.3. The third kappa shape index (κ3) is 6.11. The Labute approximate surface area is 139 Å². The van der Waals surface area contributed by atoms with E-state index >= 15 is 0 Å². The van der Waals surface area contributed by atoms with Crippen molar-refractivity contribution in [1.82, 2.24) is 15.5 Å². The van der Waals surface area contributed by atoms with E-state index in [0.29, 0.717) is 32.2 Å². The van der Waals surface area contributed by atoms with Crippen molar-refractivity contribution in [2.24, 2.45) is 5.92 Å². The smallest absolute Gasteiger partial charge is 0.240 e. The summed E-state index contributed by atoms with van der Waals surface area (Å²) < 4.78 is 5.31. The molecule has 2 amide bonds. The lowest BCUT2D eigenvalue weighted by Crippen LogP contribution is -2.56. The summed E-state index contributed by atoms with van der Waals surface area (Å²) in [6.45, 7) is 5.95. The van der Waals surface area contributed by atoms with Crippen LogP contribution in [0.15, 0.2) is 0 Å². The van der Waals surface area contributed by atoms with Crippen molar-refractivity contribution in [1.29, 1.82) is 0 Å². The maximum Gasteiger partial charge on any atom is 0.240 e. The first-order chi connectivity index (χ1) is 11.2. The Morgan fingerprint density at radius 3 is 2.87 bits per heavy atom. The van der Waals surface area contributed by atoms with E-state index in [1.54, 1.807) is 4.90 Å². The van der Waals surface area contributed by atoms with Gasteiger partial charge in [-0.15, -0.1) is 0 Å². The number of amides is 2. The van der Waals surface area contributed by atoms with Crippen molar-refractivity contribution in [3.8, 4) is 0 Å². The summed E-state index contributed by atoms with van der Waals surface area (Å²) in [5.74, 6) is 0.613. The molecule has 23 heavy (non-hydrogen) atoms. The van der Waals surface area contributed by atoms with E-state index in [4.69, 9.17) is 4.74 Å². The number of nitrogens with zero attached hydrogens (tertiary/aromatic N) is 1. The van der Waals surface area contributed by atoms with Crippen molar-refractivity contribution in [3.63, 3.8) is 0 Å². The Morgan fingerprint density at radius 2 is 2.13 bits per heavy atom. The van der Waals surface area contributed by atoms with E-state index < -0.39 is 6.04 Å². The standard InChI is InChI=1S/C17H31N3O3/c1-2-23-11-10-20-9-8-18-15(17(20)22)12-16(21)19-13-14-6-4-3-5-7-14/h14-15,18H,2-13H2,1H3,(H,19,21). The fraction of sp³-hybridized carbons (Fsp3) is 0.882. The molecule has 1 aliphatic carbocycles. The highest BCUT2D eigenvalue weighted by Gasteiger charge is 2.29. The zero-order chi connectivity index (χ0) is 16.5. The minimum absolute atomic E-state index is 0.0174. The highest BCUT2D eigenvalue weighted by Crippen LogP contribution is 2.22. The molecule has 1 saturated carbocycles. The molecule has 6 nitrogen and oxygen atoms in total. The number of ether oxygens (including phenoxy) is 1. The highest BCUT2D eigenvalue weighted by molar-refractivity contribution is 5.88. The normalized spacial score (nSPS) is 23.1. The van der Waals surface area contributed by atoms with Gasteiger partial charge in [0.05, 0.1) is 19.1 Å². The van der Waals surface area contributed by atoms with Crippen LogP contribution in [0.1, 0.15) is 45.4 Å². The SMILES string of the molecule is CCOCCN1CCNC(CC(=O)NCC2CCCCC2)C1=O. The van der Waals surface area contributed by atoms with Gasteiger partial charge in [-0.05, 0) is 25.7 Å². The molecule has 2 N–H and O–H groups in total. The van der Waals surface area contributed by atoms with E-state index in [1.165, 1.54) is 32.1 Å². The average Bonchev–Trinajstić information content (AvgIpc) is 2.57. The molecule has 1 aliphatic heterocycles. The Morgan fingerprint density at radius 1 is 1.35 bits per heavy atom. The summed E-state index contributed by atoms with van der Waals surface area (Å²) >= 11 is 0. The Bertz CT molecular complexity index is 383. The van der Waals surface area contributed by atoms with E-state index in [1.807, 2.05) is 6.92 Å². The fourth-order valence-electron chi connectivity index (χ4n) is 3.40. The molecule has 1 unspecified atom stereocenters. The van der Waals surface area contributed by atoms with Crippen molar-refractivity contribution in [3.05, 3.63) is 0 Å². The van der Waals surface area contributed by atoms with Crippen LogP contribution in [0.3, 0.4) is 0 Å². The van der Waals surface area contributed by atoms with Gasteiger partial charge in [-0.3, -0.25) is 9.59 Å². The van der Waals surface area contributed by atoms with Crippen LogP contribution in [-0.4, -0.2) is 62.1 Å². The second-order valence-corrected chi connectivity index (χ2v) is 6.54. The monoisotopic (exact) mass is 325 g/mol. The molecule has 0 aromatic rings. The number of piperazine rings is 1. The zero-order valence-electron chi connectivity index (χ0n) is 14.3. The topological polar surface area (TPSA) is 70.7 Å². The molecule has 132 valence electrons. The predicted octanol–water partition coefficient (Wildman–Crippen LogP) is 0.910. The molecule has 0 spiro atoms. The number of hydrogen-bond donors (Lipinski definition) is 2. The number of carbonyl (C=O) groups is 2. The van der Waals surface area contributed by atoms with Gasteiger partial charge in [-0.2, -0.15) is 0 Å². The molecule has 1 saturated heterocycles. The molecule has 0 aromatic carbocycles. The molecule has 6 heteroatoms. The van der Waals surface area contributed by atoms with Crippen LogP contribution < -0.4 is 10.6 Å². The molecule has 0 bridgehead atoms. The van der Waals surface area contributed by atoms with E-state index in [0.717, 1.165) is 13.1 Å². The number of hydrogen-bond acceptors (Lipinski definition) is 4. The minimum atomic E-state index is -0.392. The summed E-state index contributed by atoms with van der Waals surface area (Å²) in [4.78, 5) is 26.3. The second kappa shape index (κ2) is 9.88. The van der Waals surface area contributed by atoms with Crippen molar-refractivity contribution >= 4 is 11.8 Å². The van der Waals surface area contributed by atoms with Crippen LogP contribution in [0.5, 0.6) is 0 Å². The molecule has 1 atom stereocenters. The maximum absolute atomic E-state index is 12.4. The fourth-order valence-corrected chi connectivity index (χ4v) is 3.40. The molecule has 2 fully saturated rings. The first kappa shape index (κ1) is 18.2. The molecule has 0 aromatic heterocycles. The van der Waals surface area contributed by atoms with Crippen LogP contribution in [0.2, 0.25) is 0 Å². The van der Waals surface area contributed by atoms with Crippen LogP contribution in [0, 0.1) is 5.92 Å². The van der Waals surface area contributed by atoms with E-state index in [-0.39, 0.29) is 18.2 Å². The van der Waals surface area contributed by atoms with Gasteiger partial charge in [-0.1, -0.05) is 19.3 Å². The lowest BCUT2D eigenvalue weighted by molar-refractivity contribution is -0.139. The molecule has 0 radical (unpaired) electrons. The van der Waals surface area contributed by atoms with Crippen LogP contribution in [-0.2, 0) is 14.3 Å². The van der Waals surface area contributed by atoms with Crippen LogP contribution >= 0.6 is 0 Å². The number of nitrogens with one attached hydrogen (secondary N) is 2. The maximum atomic E-state index is 12.4. The second-order valence-electron chi connectivity index (χ2n) is 6.54. The summed E-state index contributed by atoms with van der Waals surface area (Å²) in [5, 5.41) is 6.18. The van der Waals surface area contributed by atoms with Gasteiger partial charge in [0.2, 0.25) is 11.8 Å². The minimum Gasteiger partial charge on any atom is -0.380 e. The van der Waals surface area contributed by atoms with Gasteiger partial charge in [0.1, 0.15) is 0 Å². The predicted molar refractivity (Wildman–Crippen MR) is 89.1 cm³/mol. The third-order valence-corrected chi connectivity index (χ3v) is 4.79. The average molecular weight is 325 g/mol. The number of rotatable bonds is 8. The summed E-state index contributed by atoms with van der Waals surface area (Å²) in [6.07, 6.45) is 6.54. The Balaban J connectivity index is 1.70. The molecular weight excluding hydrogens is 294 g/mol. The lowest BCUT2D eigenvalue weighted by Gasteiger charge is -2.33. The van der Waals surface area contributed by atoms with Crippen LogP contribution in [0.4, 0.5) is 0 Å². The van der Waals surface area contributed by atoms with Crippen molar-refractivity contribution in [2.45, 2.75) is 51.5 Å². The van der Waals surface area contributed by atoms with Crippen molar-refractivity contribution < 1.29 is 14.3 Å². The highest BCUT2D eigenvalue weighted by atomic mass is 16.5. The Kier molecular flexibility index (Phi) is 7.82. The first-order valence-electron chi connectivity index (χ1n) is 9.07. The summed E-state index contributed by atoms with van der Waals surface area (Å²) in [6, 6.07) is -0.392. The van der Waals surface area contributed by atoms with Gasteiger partial charge in [0, 0.05) is 32.8 Å². The number of carbonyl (C=O) groups excluding carboxylic acids is 2. The molecular formula is C17H31N3O3. The molecule has 1 heterocycles. The molecule has 2 rings (SSSR count).